The molecule has 21 heavy (non-hydrogen) atoms. The average molecular weight is 297 g/mol. The van der Waals surface area contributed by atoms with Crippen molar-refractivity contribution in [3.63, 3.8) is 0 Å². The van der Waals surface area contributed by atoms with E-state index in [2.05, 4.69) is 5.16 Å². The fourth-order valence-corrected chi connectivity index (χ4v) is 2.62. The highest BCUT2D eigenvalue weighted by atomic mass is 19.1. The van der Waals surface area contributed by atoms with E-state index in [0.29, 0.717) is 24.3 Å². The molecule has 1 aromatic rings. The molecule has 1 unspecified atom stereocenters. The third-order valence-corrected chi connectivity index (χ3v) is 3.37. The van der Waals surface area contributed by atoms with Crippen LogP contribution >= 0.6 is 0 Å². The molecular weight excluding hydrogens is 277 g/mol. The van der Waals surface area contributed by atoms with E-state index in [1.54, 1.807) is 6.07 Å². The van der Waals surface area contributed by atoms with Gasteiger partial charge in [-0.05, 0) is 32.0 Å². The highest BCUT2D eigenvalue weighted by Crippen LogP contribution is 2.29. The Labute approximate surface area is 122 Å². The number of anilines is 1. The number of aliphatic hydroxyl groups is 1. The van der Waals surface area contributed by atoms with Crippen LogP contribution in [0.25, 0.3) is 0 Å². The SMILES string of the molecule is CC1(C)CN(c2ccc(F)cc2/C(N)=N/O)CC(CO)O1. The van der Waals surface area contributed by atoms with E-state index in [1.807, 2.05) is 18.7 Å². The first kappa shape index (κ1) is 15.5. The Balaban J connectivity index is 2.41. The van der Waals surface area contributed by atoms with Crippen molar-refractivity contribution >= 4 is 11.5 Å². The van der Waals surface area contributed by atoms with E-state index in [4.69, 9.17) is 15.7 Å². The number of hydrogen-bond acceptors (Lipinski definition) is 5. The summed E-state index contributed by atoms with van der Waals surface area (Å²) < 4.78 is 19.2. The number of nitrogens with zero attached hydrogens (tertiary/aromatic N) is 2. The molecule has 116 valence electrons. The molecule has 1 atom stereocenters. The Morgan fingerprint density at radius 3 is 2.90 bits per heavy atom. The first-order valence-electron chi connectivity index (χ1n) is 6.67. The first-order valence-corrected chi connectivity index (χ1v) is 6.67. The van der Waals surface area contributed by atoms with Crippen molar-refractivity contribution in [3.8, 4) is 0 Å². The van der Waals surface area contributed by atoms with Crippen LogP contribution in [0.1, 0.15) is 19.4 Å². The molecule has 0 amide bonds. The zero-order valence-electron chi connectivity index (χ0n) is 12.1. The predicted molar refractivity (Wildman–Crippen MR) is 77.2 cm³/mol. The monoisotopic (exact) mass is 297 g/mol. The van der Waals surface area contributed by atoms with Gasteiger partial charge in [0.05, 0.1) is 18.3 Å². The molecular formula is C14H20FN3O3. The van der Waals surface area contributed by atoms with Gasteiger partial charge < -0.3 is 25.7 Å². The van der Waals surface area contributed by atoms with Crippen LogP contribution < -0.4 is 10.6 Å². The first-order chi connectivity index (χ1) is 9.86. The summed E-state index contributed by atoms with van der Waals surface area (Å²) >= 11 is 0. The Bertz CT molecular complexity index is 548. The minimum Gasteiger partial charge on any atom is -0.409 e. The van der Waals surface area contributed by atoms with Crippen LogP contribution in [-0.4, -0.2) is 47.6 Å². The van der Waals surface area contributed by atoms with Crippen LogP contribution in [0.3, 0.4) is 0 Å². The van der Waals surface area contributed by atoms with Crippen molar-refractivity contribution in [3.05, 3.63) is 29.6 Å². The fraction of sp³-hybridized carbons (Fsp3) is 0.500. The average Bonchev–Trinajstić information content (AvgIpc) is 2.44. The van der Waals surface area contributed by atoms with Crippen molar-refractivity contribution in [1.29, 1.82) is 0 Å². The number of morpholine rings is 1. The molecule has 4 N–H and O–H groups in total. The van der Waals surface area contributed by atoms with E-state index in [1.165, 1.54) is 12.1 Å². The topological polar surface area (TPSA) is 91.3 Å². The number of rotatable bonds is 3. The van der Waals surface area contributed by atoms with E-state index < -0.39 is 11.4 Å². The second-order valence-corrected chi connectivity index (χ2v) is 5.71. The number of benzene rings is 1. The van der Waals surface area contributed by atoms with E-state index in [-0.39, 0.29) is 18.5 Å². The molecule has 1 fully saturated rings. The van der Waals surface area contributed by atoms with Gasteiger partial charge in [-0.25, -0.2) is 4.39 Å². The summed E-state index contributed by atoms with van der Waals surface area (Å²) in [5.74, 6) is -0.624. The number of amidine groups is 1. The van der Waals surface area contributed by atoms with Crippen LogP contribution in [0.2, 0.25) is 0 Å². The van der Waals surface area contributed by atoms with E-state index in [0.717, 1.165) is 0 Å². The summed E-state index contributed by atoms with van der Waals surface area (Å²) in [5.41, 5.74) is 6.11. The van der Waals surface area contributed by atoms with Crippen LogP contribution in [-0.2, 0) is 4.74 Å². The number of halogens is 1. The Kier molecular flexibility index (Phi) is 4.34. The Hall–Kier alpha value is -1.86. The highest BCUT2D eigenvalue weighted by Gasteiger charge is 2.34. The minimum atomic E-state index is -0.470. The maximum atomic E-state index is 13.4. The number of oxime groups is 1. The lowest BCUT2D eigenvalue weighted by Crippen LogP contribution is -2.54. The lowest BCUT2D eigenvalue weighted by molar-refractivity contribution is -0.101. The third-order valence-electron chi connectivity index (χ3n) is 3.37. The molecule has 6 nitrogen and oxygen atoms in total. The van der Waals surface area contributed by atoms with Crippen molar-refractivity contribution in [1.82, 2.24) is 0 Å². The number of ether oxygens (including phenoxy) is 1. The maximum absolute atomic E-state index is 13.4. The number of hydrogen-bond donors (Lipinski definition) is 3. The predicted octanol–water partition coefficient (Wildman–Crippen LogP) is 0.896. The van der Waals surface area contributed by atoms with Crippen LogP contribution in [0.4, 0.5) is 10.1 Å². The van der Waals surface area contributed by atoms with Gasteiger partial charge in [0.2, 0.25) is 0 Å². The van der Waals surface area contributed by atoms with Crippen molar-refractivity contribution in [2.24, 2.45) is 10.9 Å². The Morgan fingerprint density at radius 2 is 2.29 bits per heavy atom. The molecule has 0 aromatic heterocycles. The summed E-state index contributed by atoms with van der Waals surface area (Å²) in [6, 6.07) is 4.12. The maximum Gasteiger partial charge on any atom is 0.172 e. The normalized spacial score (nSPS) is 22.4. The molecule has 7 heteroatoms. The van der Waals surface area contributed by atoms with Crippen LogP contribution in [0, 0.1) is 5.82 Å². The highest BCUT2D eigenvalue weighted by molar-refractivity contribution is 6.02. The van der Waals surface area contributed by atoms with Gasteiger partial charge in [0.25, 0.3) is 0 Å². The van der Waals surface area contributed by atoms with Gasteiger partial charge in [-0.1, -0.05) is 5.16 Å². The van der Waals surface area contributed by atoms with Crippen molar-refractivity contribution in [2.75, 3.05) is 24.6 Å². The van der Waals surface area contributed by atoms with E-state index >= 15 is 0 Å². The molecule has 1 heterocycles. The zero-order valence-corrected chi connectivity index (χ0v) is 12.1. The molecule has 2 rings (SSSR count). The standard InChI is InChI=1S/C14H20FN3O3/c1-14(2)8-18(6-10(7-19)21-14)12-4-3-9(15)5-11(12)13(16)17-20/h3-5,10,19-20H,6-8H2,1-2H3,(H2,16,17). The van der Waals surface area contributed by atoms with Gasteiger partial charge in [0.15, 0.2) is 5.84 Å². The van der Waals surface area contributed by atoms with Gasteiger partial charge in [0, 0.05) is 24.3 Å². The van der Waals surface area contributed by atoms with Gasteiger partial charge >= 0.3 is 0 Å². The summed E-state index contributed by atoms with van der Waals surface area (Å²) in [6.07, 6.45) is -0.348. The zero-order chi connectivity index (χ0) is 15.6. The summed E-state index contributed by atoms with van der Waals surface area (Å²) in [5, 5.41) is 21.2. The number of nitrogens with two attached hydrogens (primary N) is 1. The van der Waals surface area contributed by atoms with Crippen molar-refractivity contribution in [2.45, 2.75) is 25.6 Å². The quantitative estimate of drug-likeness (QED) is 0.334. The Morgan fingerprint density at radius 1 is 1.57 bits per heavy atom. The fourth-order valence-electron chi connectivity index (χ4n) is 2.62. The summed E-state index contributed by atoms with van der Waals surface area (Å²) in [7, 11) is 0. The molecule has 1 aromatic carbocycles. The molecule has 0 bridgehead atoms. The second-order valence-electron chi connectivity index (χ2n) is 5.71. The third kappa shape index (κ3) is 3.43. The van der Waals surface area contributed by atoms with Crippen molar-refractivity contribution < 1.29 is 19.4 Å². The van der Waals surface area contributed by atoms with E-state index in [9.17, 15) is 9.50 Å². The smallest absolute Gasteiger partial charge is 0.172 e. The molecule has 0 aliphatic carbocycles. The minimum absolute atomic E-state index is 0.111. The molecule has 0 spiro atoms. The molecule has 1 aliphatic heterocycles. The number of aliphatic hydroxyl groups excluding tert-OH is 1. The van der Waals surface area contributed by atoms with Crippen LogP contribution in [0.5, 0.6) is 0 Å². The van der Waals surface area contributed by atoms with Gasteiger partial charge in [0.1, 0.15) is 5.82 Å². The molecule has 1 aliphatic rings. The van der Waals surface area contributed by atoms with Crippen LogP contribution in [0.15, 0.2) is 23.4 Å². The van der Waals surface area contributed by atoms with Gasteiger partial charge in [-0.15, -0.1) is 0 Å². The van der Waals surface area contributed by atoms with Gasteiger partial charge in [-0.3, -0.25) is 0 Å². The molecule has 1 saturated heterocycles. The molecule has 0 radical (unpaired) electrons. The lowest BCUT2D eigenvalue weighted by atomic mass is 10.0. The largest absolute Gasteiger partial charge is 0.409 e. The molecule has 0 saturated carbocycles. The summed E-state index contributed by atoms with van der Waals surface area (Å²) in [6.45, 7) is 4.70. The second kappa shape index (κ2) is 5.87. The van der Waals surface area contributed by atoms with Gasteiger partial charge in [-0.2, -0.15) is 0 Å². The lowest BCUT2D eigenvalue weighted by Gasteiger charge is -2.43. The summed E-state index contributed by atoms with van der Waals surface area (Å²) in [4.78, 5) is 1.94.